The van der Waals surface area contributed by atoms with Gasteiger partial charge in [0.05, 0.1) is 0 Å². The van der Waals surface area contributed by atoms with E-state index in [1.165, 1.54) is 12.0 Å². The minimum absolute atomic E-state index is 0.368. The van der Waals surface area contributed by atoms with Gasteiger partial charge in [0.1, 0.15) is 6.73 Å². The summed E-state index contributed by atoms with van der Waals surface area (Å²) in [4.78, 5) is 12.4. The molecule has 15 heavy (non-hydrogen) atoms. The second-order valence-electron chi connectivity index (χ2n) is 4.49. The molecule has 0 spiro atoms. The summed E-state index contributed by atoms with van der Waals surface area (Å²) in [5, 5.41) is 0. The van der Waals surface area contributed by atoms with Gasteiger partial charge in [-0.2, -0.15) is 0 Å². The third kappa shape index (κ3) is 1.97. The van der Waals surface area contributed by atoms with Gasteiger partial charge in [0.25, 0.3) is 6.47 Å². The first-order valence-corrected chi connectivity index (χ1v) is 5.35. The van der Waals surface area contributed by atoms with Gasteiger partial charge >= 0.3 is 0 Å². The van der Waals surface area contributed by atoms with Crippen molar-refractivity contribution in [3.8, 4) is 0 Å². The second-order valence-corrected chi connectivity index (χ2v) is 4.49. The van der Waals surface area contributed by atoms with E-state index >= 15 is 0 Å². The number of carbonyl (C=O) groups is 1. The molecular formula is C12H17NO2. The lowest BCUT2D eigenvalue weighted by atomic mass is 9.75. The number of carbonyl (C=O) groups excluding carboxylic acids is 1. The molecule has 0 aromatic carbocycles. The molecule has 82 valence electrons. The number of nitrogens with zero attached hydrogens (tertiary/aromatic N) is 1. The molecule has 3 rings (SSSR count). The highest BCUT2D eigenvalue weighted by molar-refractivity contribution is 5.36. The molecular weight excluding hydrogens is 190 g/mol. The van der Waals surface area contributed by atoms with Crippen molar-refractivity contribution in [3.63, 3.8) is 0 Å². The van der Waals surface area contributed by atoms with Crippen LogP contribution in [0.3, 0.4) is 0 Å². The Morgan fingerprint density at radius 1 is 1.67 bits per heavy atom. The molecule has 2 heterocycles. The highest BCUT2D eigenvalue weighted by atomic mass is 16.5. The Morgan fingerprint density at radius 3 is 3.07 bits per heavy atom. The zero-order chi connectivity index (χ0) is 10.8. The Hall–Kier alpha value is -1.09. The Kier molecular flexibility index (Phi) is 2.91. The largest absolute Gasteiger partial charge is 0.452 e. The molecule has 1 fully saturated rings. The van der Waals surface area contributed by atoms with Crippen LogP contribution in [0.2, 0.25) is 0 Å². The van der Waals surface area contributed by atoms with Crippen molar-refractivity contribution in [1.82, 2.24) is 4.90 Å². The zero-order valence-electron chi connectivity index (χ0n) is 9.06. The summed E-state index contributed by atoms with van der Waals surface area (Å²) in [6.45, 7) is 8.04. The second kappa shape index (κ2) is 4.19. The Morgan fingerprint density at radius 2 is 2.47 bits per heavy atom. The van der Waals surface area contributed by atoms with Gasteiger partial charge in [-0.15, -0.1) is 0 Å². The lowest BCUT2D eigenvalue weighted by molar-refractivity contribution is -0.135. The van der Waals surface area contributed by atoms with E-state index in [0.29, 0.717) is 31.1 Å². The molecule has 3 atom stereocenters. The molecule has 0 amide bonds. The van der Waals surface area contributed by atoms with Crippen LogP contribution in [0.1, 0.15) is 13.3 Å². The summed E-state index contributed by atoms with van der Waals surface area (Å²) in [7, 11) is 0. The van der Waals surface area contributed by atoms with Gasteiger partial charge in [-0.05, 0) is 25.2 Å². The fraction of sp³-hybridized carbons (Fsp3) is 0.583. The summed E-state index contributed by atoms with van der Waals surface area (Å²) in [5.41, 5.74) is 1.23. The maximum absolute atomic E-state index is 10.2. The SMILES string of the molecule is C=C(C)C1CC2C=CC1N(COC=O)C2. The van der Waals surface area contributed by atoms with Gasteiger partial charge in [0.2, 0.25) is 0 Å². The number of piperidine rings is 1. The van der Waals surface area contributed by atoms with Crippen molar-refractivity contribution in [2.24, 2.45) is 11.8 Å². The van der Waals surface area contributed by atoms with Gasteiger partial charge < -0.3 is 4.74 Å². The number of ether oxygens (including phenoxy) is 1. The lowest BCUT2D eigenvalue weighted by Gasteiger charge is -2.46. The zero-order valence-corrected chi connectivity index (χ0v) is 9.06. The van der Waals surface area contributed by atoms with Gasteiger partial charge in [-0.1, -0.05) is 24.3 Å². The third-order valence-corrected chi connectivity index (χ3v) is 3.38. The molecule has 2 aliphatic heterocycles. The van der Waals surface area contributed by atoms with E-state index in [-0.39, 0.29) is 0 Å². The molecule has 0 N–H and O–H groups in total. The van der Waals surface area contributed by atoms with Crippen LogP contribution in [0.5, 0.6) is 0 Å². The Balaban J connectivity index is 2.07. The molecule has 0 aromatic rings. The third-order valence-electron chi connectivity index (χ3n) is 3.38. The van der Waals surface area contributed by atoms with E-state index < -0.39 is 0 Å². The van der Waals surface area contributed by atoms with Crippen LogP contribution in [-0.2, 0) is 9.53 Å². The first-order chi connectivity index (χ1) is 7.22. The van der Waals surface area contributed by atoms with Crippen molar-refractivity contribution < 1.29 is 9.53 Å². The standard InChI is InChI=1S/C12H17NO2/c1-9(2)11-5-10-3-4-12(11)13(6-10)7-15-8-14/h3-4,8,10-12H,1,5-7H2,2H3. The average Bonchev–Trinajstić information content (AvgIpc) is 2.27. The number of hydrogen-bond donors (Lipinski definition) is 0. The predicted molar refractivity (Wildman–Crippen MR) is 58.1 cm³/mol. The van der Waals surface area contributed by atoms with Gasteiger partial charge in [-0.3, -0.25) is 9.69 Å². The minimum atomic E-state index is 0.368. The lowest BCUT2D eigenvalue weighted by Crippen LogP contribution is -2.51. The summed E-state index contributed by atoms with van der Waals surface area (Å²) < 4.78 is 4.84. The smallest absolute Gasteiger partial charge is 0.294 e. The molecule has 0 aromatic heterocycles. The van der Waals surface area contributed by atoms with E-state index in [4.69, 9.17) is 4.74 Å². The highest BCUT2D eigenvalue weighted by Gasteiger charge is 2.37. The molecule has 1 aliphatic carbocycles. The van der Waals surface area contributed by atoms with Gasteiger partial charge in [0, 0.05) is 12.6 Å². The maximum Gasteiger partial charge on any atom is 0.294 e. The number of hydrogen-bond acceptors (Lipinski definition) is 3. The van der Waals surface area contributed by atoms with Crippen LogP contribution < -0.4 is 0 Å². The fourth-order valence-electron chi connectivity index (χ4n) is 2.64. The van der Waals surface area contributed by atoms with Crippen LogP contribution in [0.15, 0.2) is 24.3 Å². The molecule has 3 aliphatic rings. The van der Waals surface area contributed by atoms with Crippen molar-refractivity contribution in [2.45, 2.75) is 19.4 Å². The van der Waals surface area contributed by atoms with Crippen LogP contribution in [0.4, 0.5) is 0 Å². The van der Waals surface area contributed by atoms with Gasteiger partial charge in [-0.25, -0.2) is 0 Å². The molecule has 0 radical (unpaired) electrons. The van der Waals surface area contributed by atoms with Crippen molar-refractivity contribution in [2.75, 3.05) is 13.3 Å². The topological polar surface area (TPSA) is 29.5 Å². The minimum Gasteiger partial charge on any atom is -0.452 e. The molecule has 0 saturated carbocycles. The summed E-state index contributed by atoms with van der Waals surface area (Å²) in [6.07, 6.45) is 5.70. The van der Waals surface area contributed by atoms with E-state index in [1.807, 2.05) is 0 Å². The van der Waals surface area contributed by atoms with Crippen LogP contribution in [0, 0.1) is 11.8 Å². The van der Waals surface area contributed by atoms with Crippen molar-refractivity contribution in [3.05, 3.63) is 24.3 Å². The predicted octanol–water partition coefficient (Wildman–Crippen LogP) is 1.57. The number of rotatable bonds is 4. The quantitative estimate of drug-likeness (QED) is 0.517. The monoisotopic (exact) mass is 207 g/mol. The first-order valence-electron chi connectivity index (χ1n) is 5.35. The highest BCUT2D eigenvalue weighted by Crippen LogP contribution is 2.37. The van der Waals surface area contributed by atoms with Crippen LogP contribution in [-0.4, -0.2) is 30.7 Å². The first kappa shape index (κ1) is 10.4. The van der Waals surface area contributed by atoms with E-state index in [9.17, 15) is 4.79 Å². The number of fused-ring (bicyclic) bond motifs is 2. The van der Waals surface area contributed by atoms with Crippen LogP contribution >= 0.6 is 0 Å². The van der Waals surface area contributed by atoms with E-state index in [0.717, 1.165) is 6.54 Å². The van der Waals surface area contributed by atoms with Crippen molar-refractivity contribution in [1.29, 1.82) is 0 Å². The van der Waals surface area contributed by atoms with E-state index in [2.05, 4.69) is 30.6 Å². The average molecular weight is 207 g/mol. The maximum atomic E-state index is 10.2. The normalized spacial score (nSPS) is 34.1. The molecule has 1 saturated heterocycles. The summed E-state index contributed by atoms with van der Waals surface area (Å²) in [5.74, 6) is 1.11. The van der Waals surface area contributed by atoms with Crippen LogP contribution in [0.25, 0.3) is 0 Å². The molecule has 3 heteroatoms. The molecule has 3 unspecified atom stereocenters. The fourth-order valence-corrected chi connectivity index (χ4v) is 2.64. The summed E-state index contributed by atoms with van der Waals surface area (Å²) in [6, 6.07) is 0.368. The van der Waals surface area contributed by atoms with E-state index in [1.54, 1.807) is 0 Å². The Labute approximate surface area is 90.4 Å². The Bertz CT molecular complexity index is 298. The molecule has 2 bridgehead atoms. The van der Waals surface area contributed by atoms with Gasteiger partial charge in [0.15, 0.2) is 0 Å². The molecule has 3 nitrogen and oxygen atoms in total. The van der Waals surface area contributed by atoms with Crippen molar-refractivity contribution >= 4 is 6.47 Å². The summed E-state index contributed by atoms with van der Waals surface area (Å²) >= 11 is 0.